The molecule has 1 aliphatic rings. The summed E-state index contributed by atoms with van der Waals surface area (Å²) in [7, 11) is 3.70. The van der Waals surface area contributed by atoms with E-state index in [0.717, 1.165) is 36.7 Å². The van der Waals surface area contributed by atoms with E-state index in [1.54, 1.807) is 18.0 Å². The summed E-state index contributed by atoms with van der Waals surface area (Å²) in [4.78, 5) is 43.9. The molecule has 0 atom stereocenters. The standard InChI is InChI=1S/C19H23FN4O3/c1-22-9-7-14(8-10-22)23(2)17(25)15-11-21-19(27)24(18(15)26)12-13-5-3-4-6-16(13)20/h3-6,11,14H,7-10,12H2,1-2H3,(H,21,27). The van der Waals surface area contributed by atoms with E-state index in [-0.39, 0.29) is 23.7 Å². The van der Waals surface area contributed by atoms with Gasteiger partial charge in [0.2, 0.25) is 0 Å². The largest absolute Gasteiger partial charge is 0.338 e. The molecule has 0 unspecified atom stereocenters. The van der Waals surface area contributed by atoms with Crippen LogP contribution >= 0.6 is 0 Å². The Morgan fingerprint density at radius 2 is 1.93 bits per heavy atom. The Bertz CT molecular complexity index is 944. The maximum Gasteiger partial charge on any atom is 0.328 e. The van der Waals surface area contributed by atoms with Crippen molar-refractivity contribution in [2.24, 2.45) is 0 Å². The second-order valence-corrected chi connectivity index (χ2v) is 6.94. The van der Waals surface area contributed by atoms with Crippen LogP contribution in [0.4, 0.5) is 4.39 Å². The third-order valence-corrected chi connectivity index (χ3v) is 5.13. The van der Waals surface area contributed by atoms with Gasteiger partial charge in [0, 0.05) is 24.8 Å². The van der Waals surface area contributed by atoms with Crippen molar-refractivity contribution in [2.75, 3.05) is 27.2 Å². The normalized spacial score (nSPS) is 15.7. The maximum atomic E-state index is 13.9. The lowest BCUT2D eigenvalue weighted by molar-refractivity contribution is 0.0656. The molecule has 144 valence electrons. The van der Waals surface area contributed by atoms with E-state index < -0.39 is 23.0 Å². The highest BCUT2D eigenvalue weighted by atomic mass is 19.1. The molecular formula is C19H23FN4O3. The first-order valence-electron chi connectivity index (χ1n) is 8.90. The van der Waals surface area contributed by atoms with Crippen molar-refractivity contribution in [1.29, 1.82) is 0 Å². The number of carbonyl (C=O) groups excluding carboxylic acids is 1. The number of H-pyrrole nitrogens is 1. The van der Waals surface area contributed by atoms with E-state index in [9.17, 15) is 18.8 Å². The number of hydrogen-bond acceptors (Lipinski definition) is 4. The predicted octanol–water partition coefficient (Wildman–Crippen LogP) is 0.890. The second-order valence-electron chi connectivity index (χ2n) is 6.94. The Morgan fingerprint density at radius 1 is 1.26 bits per heavy atom. The van der Waals surface area contributed by atoms with Crippen molar-refractivity contribution >= 4 is 5.91 Å². The number of rotatable bonds is 4. The number of likely N-dealkylation sites (tertiary alicyclic amines) is 1. The summed E-state index contributed by atoms with van der Waals surface area (Å²) in [5, 5.41) is 0. The van der Waals surface area contributed by atoms with E-state index in [0.29, 0.717) is 0 Å². The molecule has 3 rings (SSSR count). The smallest absolute Gasteiger partial charge is 0.328 e. The van der Waals surface area contributed by atoms with Crippen LogP contribution in [0.3, 0.4) is 0 Å². The van der Waals surface area contributed by atoms with E-state index in [2.05, 4.69) is 9.88 Å². The van der Waals surface area contributed by atoms with Crippen LogP contribution in [0, 0.1) is 5.82 Å². The minimum absolute atomic E-state index is 0.0417. The van der Waals surface area contributed by atoms with Crippen molar-refractivity contribution in [3.05, 3.63) is 68.2 Å². The van der Waals surface area contributed by atoms with Gasteiger partial charge >= 0.3 is 5.69 Å². The summed E-state index contributed by atoms with van der Waals surface area (Å²) in [6.07, 6.45) is 2.80. The molecule has 7 nitrogen and oxygen atoms in total. The number of carbonyl (C=O) groups is 1. The molecule has 0 bridgehead atoms. The molecule has 1 N–H and O–H groups in total. The zero-order valence-electron chi connectivity index (χ0n) is 15.4. The number of aromatic nitrogens is 2. The Kier molecular flexibility index (Phi) is 5.55. The first-order valence-corrected chi connectivity index (χ1v) is 8.90. The fourth-order valence-electron chi connectivity index (χ4n) is 3.34. The third-order valence-electron chi connectivity index (χ3n) is 5.13. The van der Waals surface area contributed by atoms with Gasteiger partial charge in [-0.15, -0.1) is 0 Å². The average molecular weight is 374 g/mol. The first-order chi connectivity index (χ1) is 12.9. The lowest BCUT2D eigenvalue weighted by Crippen LogP contribution is -2.47. The Morgan fingerprint density at radius 3 is 2.59 bits per heavy atom. The molecule has 27 heavy (non-hydrogen) atoms. The van der Waals surface area contributed by atoms with Crippen molar-refractivity contribution in [1.82, 2.24) is 19.4 Å². The van der Waals surface area contributed by atoms with Gasteiger partial charge in [0.15, 0.2) is 0 Å². The van der Waals surface area contributed by atoms with Gasteiger partial charge < -0.3 is 14.8 Å². The lowest BCUT2D eigenvalue weighted by Gasteiger charge is -2.35. The van der Waals surface area contributed by atoms with Crippen LogP contribution in [0.1, 0.15) is 28.8 Å². The molecule has 1 fully saturated rings. The molecular weight excluding hydrogens is 351 g/mol. The molecule has 1 aromatic carbocycles. The minimum Gasteiger partial charge on any atom is -0.338 e. The van der Waals surface area contributed by atoms with Crippen LogP contribution in [-0.4, -0.2) is 58.5 Å². The van der Waals surface area contributed by atoms with E-state index in [4.69, 9.17) is 0 Å². The molecule has 1 saturated heterocycles. The third kappa shape index (κ3) is 4.00. The number of nitrogens with zero attached hydrogens (tertiary/aromatic N) is 3. The number of nitrogens with one attached hydrogen (secondary N) is 1. The SMILES string of the molecule is CN1CCC(N(C)C(=O)c2c[nH]c(=O)n(Cc3ccccc3F)c2=O)CC1. The summed E-state index contributed by atoms with van der Waals surface area (Å²) < 4.78 is 14.7. The quantitative estimate of drug-likeness (QED) is 0.862. The van der Waals surface area contributed by atoms with Gasteiger partial charge in [-0.3, -0.25) is 14.2 Å². The molecule has 0 radical (unpaired) electrons. The summed E-state index contributed by atoms with van der Waals surface area (Å²) in [6, 6.07) is 5.96. The highest BCUT2D eigenvalue weighted by Crippen LogP contribution is 2.15. The van der Waals surface area contributed by atoms with Crippen molar-refractivity contribution in [2.45, 2.75) is 25.4 Å². The average Bonchev–Trinajstić information content (AvgIpc) is 2.66. The zero-order valence-corrected chi connectivity index (χ0v) is 15.4. The Labute approximate surface area is 156 Å². The highest BCUT2D eigenvalue weighted by molar-refractivity contribution is 5.93. The summed E-state index contributed by atoms with van der Waals surface area (Å²) in [6.45, 7) is 1.52. The number of benzene rings is 1. The van der Waals surface area contributed by atoms with E-state index in [1.165, 1.54) is 18.2 Å². The molecule has 0 saturated carbocycles. The Hall–Kier alpha value is -2.74. The summed E-state index contributed by atoms with van der Waals surface area (Å²) >= 11 is 0. The van der Waals surface area contributed by atoms with Crippen LogP contribution in [0.2, 0.25) is 0 Å². The van der Waals surface area contributed by atoms with Crippen LogP contribution in [0.25, 0.3) is 0 Å². The molecule has 1 aromatic heterocycles. The summed E-state index contributed by atoms with van der Waals surface area (Å²) in [5.41, 5.74) is -1.31. The molecule has 8 heteroatoms. The Balaban J connectivity index is 1.88. The number of aromatic amines is 1. The van der Waals surface area contributed by atoms with Gasteiger partial charge in [0.25, 0.3) is 11.5 Å². The first kappa shape index (κ1) is 19.0. The molecule has 0 spiro atoms. The topological polar surface area (TPSA) is 78.4 Å². The fraction of sp³-hybridized carbons (Fsp3) is 0.421. The molecule has 2 aromatic rings. The second kappa shape index (κ2) is 7.87. The molecule has 1 aliphatic heterocycles. The monoisotopic (exact) mass is 374 g/mol. The lowest BCUT2D eigenvalue weighted by atomic mass is 10.0. The van der Waals surface area contributed by atoms with Crippen LogP contribution in [0.5, 0.6) is 0 Å². The zero-order chi connectivity index (χ0) is 19.6. The summed E-state index contributed by atoms with van der Waals surface area (Å²) in [5.74, 6) is -0.947. The number of piperidine rings is 1. The number of hydrogen-bond donors (Lipinski definition) is 1. The molecule has 2 heterocycles. The van der Waals surface area contributed by atoms with Crippen LogP contribution in [0.15, 0.2) is 40.1 Å². The van der Waals surface area contributed by atoms with Gasteiger partial charge in [-0.2, -0.15) is 0 Å². The molecule has 0 aliphatic carbocycles. The van der Waals surface area contributed by atoms with Gasteiger partial charge in [-0.25, -0.2) is 9.18 Å². The van der Waals surface area contributed by atoms with Crippen molar-refractivity contribution in [3.63, 3.8) is 0 Å². The fourth-order valence-corrected chi connectivity index (χ4v) is 3.34. The van der Waals surface area contributed by atoms with E-state index in [1.807, 2.05) is 7.05 Å². The van der Waals surface area contributed by atoms with Gasteiger partial charge in [-0.05, 0) is 39.0 Å². The number of amides is 1. The van der Waals surface area contributed by atoms with Crippen LogP contribution in [-0.2, 0) is 6.54 Å². The van der Waals surface area contributed by atoms with Gasteiger partial charge in [-0.1, -0.05) is 18.2 Å². The maximum absolute atomic E-state index is 13.9. The molecule has 1 amide bonds. The van der Waals surface area contributed by atoms with Crippen molar-refractivity contribution in [3.8, 4) is 0 Å². The minimum atomic E-state index is -0.716. The van der Waals surface area contributed by atoms with E-state index >= 15 is 0 Å². The predicted molar refractivity (Wildman–Crippen MR) is 99.4 cm³/mol. The number of halogens is 1. The highest BCUT2D eigenvalue weighted by Gasteiger charge is 2.27. The van der Waals surface area contributed by atoms with Gasteiger partial charge in [0.05, 0.1) is 6.54 Å². The van der Waals surface area contributed by atoms with Gasteiger partial charge in [0.1, 0.15) is 11.4 Å². The van der Waals surface area contributed by atoms with Crippen molar-refractivity contribution < 1.29 is 9.18 Å². The van der Waals surface area contributed by atoms with Crippen LogP contribution < -0.4 is 11.2 Å².